The molecule has 1 aromatic heterocycles. The van der Waals surface area contributed by atoms with E-state index in [1.54, 1.807) is 11.5 Å². The van der Waals surface area contributed by atoms with Crippen LogP contribution in [0.4, 0.5) is 0 Å². The largest absolute Gasteiger partial charge is 0.480 e. The first-order valence-corrected chi connectivity index (χ1v) is 8.07. The number of aliphatic carboxylic acids is 1. The van der Waals surface area contributed by atoms with Crippen LogP contribution >= 0.6 is 11.8 Å². The second-order valence-corrected chi connectivity index (χ2v) is 6.56. The normalized spacial score (nSPS) is 14.3. The fraction of sp³-hybridized carbons (Fsp3) is 0.769. The van der Waals surface area contributed by atoms with Crippen molar-refractivity contribution in [3.8, 4) is 0 Å². The minimum absolute atomic E-state index is 0.0831. The van der Waals surface area contributed by atoms with Gasteiger partial charge in [0.2, 0.25) is 0 Å². The molecule has 0 saturated carbocycles. The topological polar surface area (TPSA) is 100 Å². The zero-order valence-corrected chi connectivity index (χ0v) is 13.8. The summed E-state index contributed by atoms with van der Waals surface area (Å²) >= 11 is 1.40. The third-order valence-corrected chi connectivity index (χ3v) is 4.06. The van der Waals surface area contributed by atoms with Crippen molar-refractivity contribution in [2.75, 3.05) is 5.75 Å². The lowest BCUT2D eigenvalue weighted by Gasteiger charge is -2.28. The second-order valence-electron chi connectivity index (χ2n) is 5.50. The molecule has 1 unspecified atom stereocenters. The van der Waals surface area contributed by atoms with Gasteiger partial charge < -0.3 is 5.11 Å². The number of nitrogens with one attached hydrogen (secondary N) is 2. The zero-order valence-electron chi connectivity index (χ0n) is 13.0. The number of carboxylic acids is 1. The van der Waals surface area contributed by atoms with Gasteiger partial charge in [0.15, 0.2) is 5.16 Å². The van der Waals surface area contributed by atoms with E-state index in [0.717, 1.165) is 6.42 Å². The first-order chi connectivity index (χ1) is 9.80. The van der Waals surface area contributed by atoms with Crippen molar-refractivity contribution in [1.29, 1.82) is 0 Å². The van der Waals surface area contributed by atoms with Gasteiger partial charge in [0, 0.05) is 18.3 Å². The van der Waals surface area contributed by atoms with Gasteiger partial charge in [-0.15, -0.1) is 5.10 Å². The molecule has 0 bridgehead atoms. The van der Waals surface area contributed by atoms with E-state index in [0.29, 0.717) is 23.9 Å². The highest BCUT2D eigenvalue weighted by molar-refractivity contribution is 7.99. The van der Waals surface area contributed by atoms with Crippen LogP contribution in [0, 0.1) is 0 Å². The van der Waals surface area contributed by atoms with Crippen molar-refractivity contribution in [3.05, 3.63) is 10.5 Å². The Morgan fingerprint density at radius 2 is 2.24 bits per heavy atom. The molecule has 0 aliphatic heterocycles. The van der Waals surface area contributed by atoms with E-state index in [1.165, 1.54) is 11.8 Å². The molecule has 3 N–H and O–H groups in total. The fourth-order valence-corrected chi connectivity index (χ4v) is 3.19. The van der Waals surface area contributed by atoms with Crippen LogP contribution in [0.15, 0.2) is 9.95 Å². The van der Waals surface area contributed by atoms with Gasteiger partial charge in [0.05, 0.1) is 0 Å². The van der Waals surface area contributed by atoms with Crippen LogP contribution in [0.2, 0.25) is 0 Å². The lowest BCUT2D eigenvalue weighted by atomic mass is 9.98. The third-order valence-electron chi connectivity index (χ3n) is 3.08. The number of thioether (sulfide) groups is 1. The molecule has 1 atom stereocenters. The van der Waals surface area contributed by atoms with E-state index in [2.05, 4.69) is 15.5 Å². The average molecular weight is 316 g/mol. The molecule has 0 aliphatic carbocycles. The van der Waals surface area contributed by atoms with E-state index in [-0.39, 0.29) is 11.7 Å². The summed E-state index contributed by atoms with van der Waals surface area (Å²) in [5, 5.41) is 19.5. The Morgan fingerprint density at radius 3 is 2.76 bits per heavy atom. The Hall–Kier alpha value is -1.28. The number of aromatic nitrogens is 3. The molecule has 0 saturated heterocycles. The summed E-state index contributed by atoms with van der Waals surface area (Å²) in [7, 11) is 0. The monoisotopic (exact) mass is 316 g/mol. The highest BCUT2D eigenvalue weighted by Crippen LogP contribution is 2.20. The molecule has 21 heavy (non-hydrogen) atoms. The quantitative estimate of drug-likeness (QED) is 0.594. The molecule has 0 fully saturated rings. The zero-order chi connectivity index (χ0) is 16.0. The smallest absolute Gasteiger partial charge is 0.343 e. The van der Waals surface area contributed by atoms with Crippen LogP contribution in [0.1, 0.15) is 40.5 Å². The van der Waals surface area contributed by atoms with Crippen molar-refractivity contribution in [2.24, 2.45) is 0 Å². The molecule has 0 aliphatic rings. The molecule has 120 valence electrons. The molecule has 1 rings (SSSR count). The number of carboxylic acid groups (broad SMARTS) is 1. The first kappa shape index (κ1) is 17.8. The van der Waals surface area contributed by atoms with Crippen LogP contribution in [0.25, 0.3) is 0 Å². The Balaban J connectivity index is 2.67. The standard InChI is InChI=1S/C13H24N4O3S/c1-5-7-17-11(20)15-16-12(17)21-8-6-13(4,10(18)19)14-9(2)3/h9,14H,5-8H2,1-4H3,(H,15,20)(H,18,19). The summed E-state index contributed by atoms with van der Waals surface area (Å²) in [5.41, 5.74) is -1.20. The minimum Gasteiger partial charge on any atom is -0.480 e. The summed E-state index contributed by atoms with van der Waals surface area (Å²) in [6, 6.07) is 0.0831. The van der Waals surface area contributed by atoms with Crippen LogP contribution in [0.5, 0.6) is 0 Å². The predicted molar refractivity (Wildman–Crippen MR) is 82.8 cm³/mol. The van der Waals surface area contributed by atoms with E-state index < -0.39 is 11.5 Å². The Morgan fingerprint density at radius 1 is 1.57 bits per heavy atom. The molecule has 7 nitrogen and oxygen atoms in total. The number of hydrogen-bond acceptors (Lipinski definition) is 5. The van der Waals surface area contributed by atoms with Gasteiger partial charge in [-0.2, -0.15) is 0 Å². The number of nitrogens with zero attached hydrogens (tertiary/aromatic N) is 2. The molecular formula is C13H24N4O3S. The van der Waals surface area contributed by atoms with Gasteiger partial charge in [-0.1, -0.05) is 18.7 Å². The maximum absolute atomic E-state index is 11.6. The second kappa shape index (κ2) is 7.65. The molecule has 0 aromatic carbocycles. The number of aromatic amines is 1. The van der Waals surface area contributed by atoms with Crippen molar-refractivity contribution >= 4 is 17.7 Å². The highest BCUT2D eigenvalue weighted by Gasteiger charge is 2.33. The number of carbonyl (C=O) groups is 1. The van der Waals surface area contributed by atoms with Crippen LogP contribution in [0.3, 0.4) is 0 Å². The molecule has 0 spiro atoms. The van der Waals surface area contributed by atoms with Gasteiger partial charge in [-0.25, -0.2) is 9.89 Å². The van der Waals surface area contributed by atoms with Crippen LogP contribution in [-0.4, -0.2) is 43.2 Å². The Kier molecular flexibility index (Phi) is 6.47. The minimum atomic E-state index is -0.979. The molecular weight excluding hydrogens is 292 g/mol. The lowest BCUT2D eigenvalue weighted by molar-refractivity contribution is -0.144. The summed E-state index contributed by atoms with van der Waals surface area (Å²) in [6.45, 7) is 8.11. The van der Waals surface area contributed by atoms with Crippen molar-refractivity contribution in [2.45, 2.75) is 63.8 Å². The van der Waals surface area contributed by atoms with Crippen LogP contribution in [-0.2, 0) is 11.3 Å². The number of H-pyrrole nitrogens is 1. The van der Waals surface area contributed by atoms with E-state index in [9.17, 15) is 14.7 Å². The fourth-order valence-electron chi connectivity index (χ4n) is 2.06. The van der Waals surface area contributed by atoms with Crippen molar-refractivity contribution in [3.63, 3.8) is 0 Å². The van der Waals surface area contributed by atoms with Crippen molar-refractivity contribution < 1.29 is 9.90 Å². The van der Waals surface area contributed by atoms with Gasteiger partial charge in [-0.05, 0) is 33.6 Å². The van der Waals surface area contributed by atoms with Crippen LogP contribution < -0.4 is 11.0 Å². The van der Waals surface area contributed by atoms with Gasteiger partial charge in [0.1, 0.15) is 5.54 Å². The molecule has 0 amide bonds. The van der Waals surface area contributed by atoms with E-state index in [4.69, 9.17) is 0 Å². The molecule has 8 heteroatoms. The SMILES string of the molecule is CCCn1c(SCCC(C)(NC(C)C)C(=O)O)n[nH]c1=O. The Bertz CT molecular complexity index is 526. The average Bonchev–Trinajstić information content (AvgIpc) is 2.71. The summed E-state index contributed by atoms with van der Waals surface area (Å²) in [4.78, 5) is 23.0. The summed E-state index contributed by atoms with van der Waals surface area (Å²) in [5.74, 6) is -0.305. The van der Waals surface area contributed by atoms with Gasteiger partial charge in [0.25, 0.3) is 0 Å². The molecule has 1 heterocycles. The summed E-state index contributed by atoms with van der Waals surface area (Å²) < 4.78 is 1.58. The maximum Gasteiger partial charge on any atom is 0.343 e. The van der Waals surface area contributed by atoms with Crippen molar-refractivity contribution in [1.82, 2.24) is 20.1 Å². The number of rotatable bonds is 9. The number of hydrogen-bond donors (Lipinski definition) is 3. The van der Waals surface area contributed by atoms with E-state index in [1.807, 2.05) is 20.8 Å². The predicted octanol–water partition coefficient (Wildman–Crippen LogP) is 1.30. The molecule has 1 aromatic rings. The molecule has 0 radical (unpaired) electrons. The summed E-state index contributed by atoms with van der Waals surface area (Å²) in [6.07, 6.45) is 1.28. The highest BCUT2D eigenvalue weighted by atomic mass is 32.2. The van der Waals surface area contributed by atoms with Gasteiger partial charge in [-0.3, -0.25) is 14.7 Å². The Labute approximate surface area is 128 Å². The van der Waals surface area contributed by atoms with E-state index >= 15 is 0 Å². The third kappa shape index (κ3) is 4.89. The lowest BCUT2D eigenvalue weighted by Crippen LogP contribution is -2.52. The van der Waals surface area contributed by atoms with Gasteiger partial charge >= 0.3 is 11.7 Å². The maximum atomic E-state index is 11.6. The first-order valence-electron chi connectivity index (χ1n) is 7.09.